The van der Waals surface area contributed by atoms with Gasteiger partial charge in [0, 0.05) is 0 Å². The monoisotopic (exact) mass is 211 g/mol. The Morgan fingerprint density at radius 3 is 3.07 bits per heavy atom. The van der Waals surface area contributed by atoms with Crippen LogP contribution in [-0.4, -0.2) is 32.9 Å². The lowest BCUT2D eigenvalue weighted by atomic mass is 10.3. The molecule has 1 aromatic heterocycles. The maximum Gasteiger partial charge on any atom is 0.356 e. The van der Waals surface area contributed by atoms with Gasteiger partial charge in [-0.25, -0.2) is 4.79 Å². The third-order valence-corrected chi connectivity index (χ3v) is 2.57. The molecular weight excluding hydrogens is 206 g/mol. The van der Waals surface area contributed by atoms with Crippen molar-refractivity contribution in [2.24, 2.45) is 0 Å². The first kappa shape index (κ1) is 8.95. The normalized spacial score (nSPS) is 14.4. The Morgan fingerprint density at radius 1 is 1.57 bits per heavy atom. The van der Waals surface area contributed by atoms with E-state index in [4.69, 9.17) is 5.11 Å². The first-order chi connectivity index (χ1) is 6.66. The topological polar surface area (TPSA) is 92.2 Å². The number of aromatic carboxylic acids is 1. The maximum absolute atomic E-state index is 11.0. The Bertz CT molecular complexity index is 421. The van der Waals surface area contributed by atoms with E-state index >= 15 is 0 Å². The van der Waals surface area contributed by atoms with E-state index < -0.39 is 5.97 Å². The molecule has 0 bridgehead atoms. The standard InChI is InChI=1S/C7H5N3O3S/c11-5-2-14-6-3(8-5)1-4(7(12)13)9-10-6/h1H,2H2,(H,8,11)(H,12,13). The largest absolute Gasteiger partial charge is 0.476 e. The zero-order valence-corrected chi connectivity index (χ0v) is 7.67. The van der Waals surface area contributed by atoms with Crippen LogP contribution in [0.1, 0.15) is 10.5 Å². The number of rotatable bonds is 1. The molecule has 0 fully saturated rings. The molecule has 1 aliphatic rings. The van der Waals surface area contributed by atoms with Gasteiger partial charge in [-0.1, -0.05) is 11.8 Å². The molecule has 2 N–H and O–H groups in total. The van der Waals surface area contributed by atoms with Gasteiger partial charge >= 0.3 is 5.97 Å². The molecule has 72 valence electrons. The highest BCUT2D eigenvalue weighted by Gasteiger charge is 2.19. The van der Waals surface area contributed by atoms with Gasteiger partial charge in [0.15, 0.2) is 5.69 Å². The van der Waals surface area contributed by atoms with E-state index in [1.807, 2.05) is 0 Å². The molecule has 0 aliphatic carbocycles. The van der Waals surface area contributed by atoms with Crippen molar-refractivity contribution in [3.05, 3.63) is 11.8 Å². The fourth-order valence-electron chi connectivity index (χ4n) is 1.00. The van der Waals surface area contributed by atoms with Gasteiger partial charge < -0.3 is 10.4 Å². The van der Waals surface area contributed by atoms with E-state index in [1.54, 1.807) is 0 Å². The Hall–Kier alpha value is -1.63. The smallest absolute Gasteiger partial charge is 0.356 e. The van der Waals surface area contributed by atoms with Crippen LogP contribution < -0.4 is 5.32 Å². The molecule has 0 unspecified atom stereocenters. The number of carboxylic acid groups (broad SMARTS) is 1. The average Bonchev–Trinajstić information content (AvgIpc) is 2.16. The predicted molar refractivity (Wildman–Crippen MR) is 48.3 cm³/mol. The van der Waals surface area contributed by atoms with E-state index in [-0.39, 0.29) is 17.4 Å². The number of carbonyl (C=O) groups is 2. The van der Waals surface area contributed by atoms with Crippen LogP contribution in [0.25, 0.3) is 0 Å². The molecular formula is C7H5N3O3S. The molecule has 0 saturated heterocycles. The number of aromatic nitrogens is 2. The molecule has 2 heterocycles. The summed E-state index contributed by atoms with van der Waals surface area (Å²) in [5.74, 6) is -1.04. The number of anilines is 1. The highest BCUT2D eigenvalue weighted by atomic mass is 32.2. The fraction of sp³-hybridized carbons (Fsp3) is 0.143. The second kappa shape index (κ2) is 3.26. The number of hydrogen-bond donors (Lipinski definition) is 2. The fourth-order valence-corrected chi connectivity index (χ4v) is 1.71. The molecule has 6 nitrogen and oxygen atoms in total. The van der Waals surface area contributed by atoms with Gasteiger partial charge in [-0.2, -0.15) is 0 Å². The van der Waals surface area contributed by atoms with Gasteiger partial charge in [-0.3, -0.25) is 4.79 Å². The number of nitrogens with zero attached hydrogens (tertiary/aromatic N) is 2. The molecule has 2 rings (SSSR count). The third kappa shape index (κ3) is 1.53. The molecule has 1 aromatic rings. The van der Waals surface area contributed by atoms with Crippen molar-refractivity contribution in [2.45, 2.75) is 5.03 Å². The second-order valence-corrected chi connectivity index (χ2v) is 3.55. The number of fused-ring (bicyclic) bond motifs is 1. The summed E-state index contributed by atoms with van der Waals surface area (Å²) in [7, 11) is 0. The van der Waals surface area contributed by atoms with Crippen LogP contribution in [0.4, 0.5) is 5.69 Å². The number of hydrogen-bond acceptors (Lipinski definition) is 5. The third-order valence-electron chi connectivity index (χ3n) is 1.59. The van der Waals surface area contributed by atoms with Crippen LogP contribution in [-0.2, 0) is 4.79 Å². The first-order valence-corrected chi connectivity index (χ1v) is 4.69. The number of thioether (sulfide) groups is 1. The molecule has 14 heavy (non-hydrogen) atoms. The summed E-state index contributed by atoms with van der Waals surface area (Å²) in [5, 5.41) is 18.9. The summed E-state index contributed by atoms with van der Waals surface area (Å²) in [6.07, 6.45) is 0. The van der Waals surface area contributed by atoms with E-state index in [2.05, 4.69) is 15.5 Å². The summed E-state index contributed by atoms with van der Waals surface area (Å²) in [4.78, 5) is 21.5. The lowest BCUT2D eigenvalue weighted by Crippen LogP contribution is -2.20. The Morgan fingerprint density at radius 2 is 2.36 bits per heavy atom. The van der Waals surface area contributed by atoms with Crippen LogP contribution in [0.3, 0.4) is 0 Å². The quantitative estimate of drug-likeness (QED) is 0.690. The van der Waals surface area contributed by atoms with Crippen LogP contribution in [0.2, 0.25) is 0 Å². The van der Waals surface area contributed by atoms with Gasteiger partial charge in [0.25, 0.3) is 0 Å². The van der Waals surface area contributed by atoms with E-state index in [1.165, 1.54) is 17.8 Å². The SMILES string of the molecule is O=C1CSc2nnc(C(=O)O)cc2N1. The minimum absolute atomic E-state index is 0.160. The van der Waals surface area contributed by atoms with Gasteiger partial charge in [0.05, 0.1) is 11.4 Å². The van der Waals surface area contributed by atoms with Crippen LogP contribution in [0.5, 0.6) is 0 Å². The minimum Gasteiger partial charge on any atom is -0.476 e. The summed E-state index contributed by atoms with van der Waals surface area (Å²) in [5.41, 5.74) is 0.241. The number of nitrogens with one attached hydrogen (secondary N) is 1. The van der Waals surface area contributed by atoms with Crippen LogP contribution in [0, 0.1) is 0 Å². The Labute approximate surface area is 82.7 Å². The van der Waals surface area contributed by atoms with Gasteiger partial charge in [0.1, 0.15) is 5.03 Å². The molecule has 1 amide bonds. The first-order valence-electron chi connectivity index (χ1n) is 3.70. The Kier molecular flexibility index (Phi) is 2.08. The van der Waals surface area contributed by atoms with E-state index in [0.717, 1.165) is 0 Å². The van der Waals surface area contributed by atoms with Crippen molar-refractivity contribution in [3.8, 4) is 0 Å². The van der Waals surface area contributed by atoms with E-state index in [0.29, 0.717) is 10.7 Å². The van der Waals surface area contributed by atoms with Crippen LogP contribution >= 0.6 is 11.8 Å². The zero-order valence-electron chi connectivity index (χ0n) is 6.85. The van der Waals surface area contributed by atoms with Crippen molar-refractivity contribution in [1.82, 2.24) is 10.2 Å². The average molecular weight is 211 g/mol. The van der Waals surface area contributed by atoms with Crippen molar-refractivity contribution >= 4 is 29.3 Å². The highest BCUT2D eigenvalue weighted by molar-refractivity contribution is 8.00. The number of amides is 1. The number of carbonyl (C=O) groups excluding carboxylic acids is 1. The summed E-state index contributed by atoms with van der Waals surface area (Å²) >= 11 is 1.24. The van der Waals surface area contributed by atoms with Crippen molar-refractivity contribution < 1.29 is 14.7 Å². The minimum atomic E-state index is -1.16. The molecule has 7 heteroatoms. The van der Waals surface area contributed by atoms with Crippen molar-refractivity contribution in [2.75, 3.05) is 11.1 Å². The molecule has 0 aromatic carbocycles. The molecule has 0 spiro atoms. The van der Waals surface area contributed by atoms with Crippen molar-refractivity contribution in [1.29, 1.82) is 0 Å². The molecule has 0 atom stereocenters. The maximum atomic E-state index is 11.0. The van der Waals surface area contributed by atoms with Crippen LogP contribution in [0.15, 0.2) is 11.1 Å². The zero-order chi connectivity index (χ0) is 10.1. The second-order valence-electron chi connectivity index (χ2n) is 2.59. The molecule has 0 radical (unpaired) electrons. The summed E-state index contributed by atoms with van der Waals surface area (Å²) in [6, 6.07) is 1.30. The lowest BCUT2D eigenvalue weighted by molar-refractivity contribution is -0.113. The highest BCUT2D eigenvalue weighted by Crippen LogP contribution is 2.28. The summed E-state index contributed by atoms with van der Waals surface area (Å²) < 4.78 is 0. The van der Waals surface area contributed by atoms with Gasteiger partial charge in [-0.05, 0) is 6.07 Å². The van der Waals surface area contributed by atoms with Gasteiger partial charge in [0.2, 0.25) is 5.91 Å². The number of carboxylic acids is 1. The van der Waals surface area contributed by atoms with Gasteiger partial charge in [-0.15, -0.1) is 10.2 Å². The summed E-state index contributed by atoms with van der Waals surface area (Å²) in [6.45, 7) is 0. The molecule has 1 aliphatic heterocycles. The van der Waals surface area contributed by atoms with E-state index in [9.17, 15) is 9.59 Å². The predicted octanol–water partition coefficient (Wildman–Crippen LogP) is 0.219. The van der Waals surface area contributed by atoms with Crippen molar-refractivity contribution in [3.63, 3.8) is 0 Å². The molecule has 0 saturated carbocycles. The Balaban J connectivity index is 2.42. The lowest BCUT2D eigenvalue weighted by Gasteiger charge is -2.13.